The molecule has 38 heavy (non-hydrogen) atoms. The Kier molecular flexibility index (Phi) is 7.34. The van der Waals surface area contributed by atoms with Crippen LogP contribution in [-0.4, -0.2) is 5.78 Å². The van der Waals surface area contributed by atoms with E-state index in [1.807, 2.05) is 61.2 Å². The average molecular weight is 589 g/mol. The second kappa shape index (κ2) is 10.7. The van der Waals surface area contributed by atoms with Gasteiger partial charge in [-0.1, -0.05) is 48.0 Å². The summed E-state index contributed by atoms with van der Waals surface area (Å²) in [5.74, 6) is 0.474. The summed E-state index contributed by atoms with van der Waals surface area (Å²) in [6.45, 7) is 4.35. The molecule has 3 aromatic rings. The number of halogens is 2. The lowest BCUT2D eigenvalue weighted by molar-refractivity contribution is -0.116. The third-order valence-corrected chi connectivity index (χ3v) is 8.24. The number of para-hydroxylation sites is 2. The largest absolute Gasteiger partial charge is 0.487 e. The molecule has 0 saturated carbocycles. The van der Waals surface area contributed by atoms with Crippen LogP contribution >= 0.6 is 27.5 Å². The van der Waals surface area contributed by atoms with Crippen LogP contribution in [0, 0.1) is 25.2 Å². The Morgan fingerprint density at radius 2 is 1.84 bits per heavy atom. The fourth-order valence-corrected chi connectivity index (χ4v) is 6.06. The van der Waals surface area contributed by atoms with Crippen LogP contribution in [0.25, 0.3) is 0 Å². The zero-order chi connectivity index (χ0) is 27.0. The molecule has 1 aliphatic heterocycles. The summed E-state index contributed by atoms with van der Waals surface area (Å²) in [4.78, 5) is 15.4. The number of nitrogens with zero attached hydrogens (tertiary/aromatic N) is 2. The van der Waals surface area contributed by atoms with E-state index >= 15 is 0 Å². The Hall–Kier alpha value is -3.53. The number of ketones is 1. The molecule has 5 nitrogen and oxygen atoms in total. The van der Waals surface area contributed by atoms with Crippen molar-refractivity contribution in [2.24, 2.45) is 5.73 Å². The van der Waals surface area contributed by atoms with Gasteiger partial charge in [0.25, 0.3) is 0 Å². The first-order valence-electron chi connectivity index (χ1n) is 12.5. The number of rotatable bonds is 5. The fraction of sp³-hybridized carbons (Fsp3) is 0.226. The van der Waals surface area contributed by atoms with Gasteiger partial charge in [0, 0.05) is 22.2 Å². The van der Waals surface area contributed by atoms with Crippen molar-refractivity contribution < 1.29 is 9.53 Å². The van der Waals surface area contributed by atoms with E-state index < -0.39 is 5.92 Å². The zero-order valence-electron chi connectivity index (χ0n) is 21.2. The average Bonchev–Trinajstić information content (AvgIpc) is 2.89. The molecule has 0 radical (unpaired) electrons. The number of ether oxygens (including phenoxy) is 1. The summed E-state index contributed by atoms with van der Waals surface area (Å²) in [7, 11) is 0. The first-order valence-corrected chi connectivity index (χ1v) is 13.7. The molecule has 0 amide bonds. The summed E-state index contributed by atoms with van der Waals surface area (Å²) < 4.78 is 6.89. The number of hydrogen-bond donors (Lipinski definition) is 1. The summed E-state index contributed by atoms with van der Waals surface area (Å²) in [5.41, 5.74) is 13.4. The van der Waals surface area contributed by atoms with Gasteiger partial charge in [0.05, 0.1) is 28.3 Å². The zero-order valence-corrected chi connectivity index (χ0v) is 23.6. The van der Waals surface area contributed by atoms with Gasteiger partial charge in [-0.3, -0.25) is 9.69 Å². The number of hydrogen-bond acceptors (Lipinski definition) is 5. The molecule has 192 valence electrons. The first kappa shape index (κ1) is 26.1. The topological polar surface area (TPSA) is 79.4 Å². The minimum atomic E-state index is -0.541. The molecule has 0 saturated heterocycles. The SMILES string of the molecule is Cc1cc(C)c(C2C(C#N)=C(N)N(c3ccccc3Br)C3=C2C(=O)CCC3)cc1COc1ccccc1Cl. The Morgan fingerprint density at radius 1 is 1.11 bits per heavy atom. The third kappa shape index (κ3) is 4.62. The van der Waals surface area contributed by atoms with Crippen LogP contribution < -0.4 is 15.4 Å². The van der Waals surface area contributed by atoms with E-state index in [1.165, 1.54) is 0 Å². The van der Waals surface area contributed by atoms with Crippen molar-refractivity contribution in [1.82, 2.24) is 0 Å². The highest BCUT2D eigenvalue weighted by atomic mass is 79.9. The molecular formula is C31H27BrClN3O2. The van der Waals surface area contributed by atoms with Crippen molar-refractivity contribution in [3.63, 3.8) is 0 Å². The van der Waals surface area contributed by atoms with Gasteiger partial charge >= 0.3 is 0 Å². The molecule has 1 aliphatic carbocycles. The van der Waals surface area contributed by atoms with Gasteiger partial charge in [-0.2, -0.15) is 5.26 Å². The van der Waals surface area contributed by atoms with Crippen molar-refractivity contribution >= 4 is 39.0 Å². The Morgan fingerprint density at radius 3 is 2.58 bits per heavy atom. The lowest BCUT2D eigenvalue weighted by Gasteiger charge is -2.40. The van der Waals surface area contributed by atoms with Crippen LogP contribution in [0.2, 0.25) is 5.02 Å². The molecule has 0 aromatic heterocycles. The molecule has 1 unspecified atom stereocenters. The van der Waals surface area contributed by atoms with E-state index in [1.54, 1.807) is 6.07 Å². The number of allylic oxidation sites excluding steroid dienone is 3. The molecule has 5 rings (SSSR count). The molecule has 0 bridgehead atoms. The van der Waals surface area contributed by atoms with Gasteiger partial charge in [-0.15, -0.1) is 0 Å². The number of carbonyl (C=O) groups is 1. The van der Waals surface area contributed by atoms with Crippen molar-refractivity contribution in [1.29, 1.82) is 5.26 Å². The van der Waals surface area contributed by atoms with Gasteiger partial charge < -0.3 is 10.5 Å². The molecule has 0 fully saturated rings. The lowest BCUT2D eigenvalue weighted by atomic mass is 9.74. The summed E-state index contributed by atoms with van der Waals surface area (Å²) >= 11 is 9.93. The van der Waals surface area contributed by atoms with E-state index in [-0.39, 0.29) is 5.78 Å². The predicted molar refractivity (Wildman–Crippen MR) is 154 cm³/mol. The Labute approximate surface area is 236 Å². The number of nitriles is 1. The van der Waals surface area contributed by atoms with Crippen molar-refractivity contribution in [3.8, 4) is 11.8 Å². The molecule has 3 aromatic carbocycles. The normalized spacial score (nSPS) is 17.4. The number of aryl methyl sites for hydroxylation is 2. The van der Waals surface area contributed by atoms with Crippen molar-refractivity contribution in [2.45, 2.75) is 45.6 Å². The van der Waals surface area contributed by atoms with Crippen LogP contribution in [-0.2, 0) is 11.4 Å². The standard InChI is InChI=1S/C31H27BrClN3O2/c1-18-14-19(2)21(15-20(18)17-38-28-13-6-4-9-24(28)33)29-22(16-34)31(35)36(25-10-5-3-8-23(25)32)26-11-7-12-27(37)30(26)29/h3-6,8-10,13-15,29H,7,11-12,17,35H2,1-2H3. The number of nitrogens with two attached hydrogens (primary N) is 1. The Bertz CT molecular complexity index is 1550. The molecule has 2 aliphatic rings. The highest BCUT2D eigenvalue weighted by Crippen LogP contribution is 2.48. The summed E-state index contributed by atoms with van der Waals surface area (Å²) in [5, 5.41) is 10.9. The monoisotopic (exact) mass is 587 g/mol. The highest BCUT2D eigenvalue weighted by Gasteiger charge is 2.41. The Balaban J connectivity index is 1.65. The minimum Gasteiger partial charge on any atom is -0.487 e. The van der Waals surface area contributed by atoms with E-state index in [0.29, 0.717) is 47.2 Å². The quantitative estimate of drug-likeness (QED) is 0.332. The highest BCUT2D eigenvalue weighted by molar-refractivity contribution is 9.10. The smallest absolute Gasteiger partial charge is 0.161 e. The van der Waals surface area contributed by atoms with Gasteiger partial charge in [0.1, 0.15) is 18.2 Å². The van der Waals surface area contributed by atoms with Crippen molar-refractivity contribution in [3.05, 3.63) is 115 Å². The molecule has 1 atom stereocenters. The van der Waals surface area contributed by atoms with E-state index in [4.69, 9.17) is 22.1 Å². The summed E-state index contributed by atoms with van der Waals surface area (Å²) in [6.07, 6.45) is 1.89. The lowest BCUT2D eigenvalue weighted by Crippen LogP contribution is -2.39. The number of benzene rings is 3. The van der Waals surface area contributed by atoms with Crippen LogP contribution in [0.5, 0.6) is 5.75 Å². The second-order valence-electron chi connectivity index (χ2n) is 9.62. The van der Waals surface area contributed by atoms with Gasteiger partial charge in [-0.05, 0) is 89.1 Å². The predicted octanol–water partition coefficient (Wildman–Crippen LogP) is 7.60. The van der Waals surface area contributed by atoms with Crippen molar-refractivity contribution in [2.75, 3.05) is 4.90 Å². The van der Waals surface area contributed by atoms with E-state index in [2.05, 4.69) is 34.1 Å². The van der Waals surface area contributed by atoms with Gasteiger partial charge in [-0.25, -0.2) is 0 Å². The van der Waals surface area contributed by atoms with Crippen LogP contribution in [0.15, 0.2) is 87.8 Å². The second-order valence-corrected chi connectivity index (χ2v) is 10.9. The number of carbonyl (C=O) groups excluding carboxylic acids is 1. The van der Waals surface area contributed by atoms with Gasteiger partial charge in [0.15, 0.2) is 5.78 Å². The number of Topliss-reactive ketones (excluding diaryl/α,β-unsaturated/α-hetero) is 1. The fourth-order valence-electron chi connectivity index (χ4n) is 5.41. The van der Waals surface area contributed by atoms with Gasteiger partial charge in [0.2, 0.25) is 0 Å². The summed E-state index contributed by atoms with van der Waals surface area (Å²) in [6, 6.07) is 21.6. The molecule has 2 N–H and O–H groups in total. The molecular weight excluding hydrogens is 562 g/mol. The van der Waals surface area contributed by atoms with Crippen LogP contribution in [0.3, 0.4) is 0 Å². The first-order chi connectivity index (χ1) is 18.3. The van der Waals surface area contributed by atoms with E-state index in [0.717, 1.165) is 44.5 Å². The van der Waals surface area contributed by atoms with Crippen LogP contribution in [0.4, 0.5) is 5.69 Å². The third-order valence-electron chi connectivity index (χ3n) is 7.26. The molecule has 7 heteroatoms. The van der Waals surface area contributed by atoms with E-state index in [9.17, 15) is 10.1 Å². The maximum Gasteiger partial charge on any atom is 0.161 e. The maximum absolute atomic E-state index is 13.5. The maximum atomic E-state index is 13.5. The molecule has 0 spiro atoms. The number of anilines is 1. The molecule has 1 heterocycles. The minimum absolute atomic E-state index is 0.0578. The van der Waals surface area contributed by atoms with Crippen LogP contribution in [0.1, 0.15) is 47.4 Å².